The van der Waals surface area contributed by atoms with Crippen LogP contribution in [0.15, 0.2) is 0 Å². The molecule has 20 heavy (non-hydrogen) atoms. The number of carbonyl (C=O) groups excluding carboxylic acids is 1. The summed E-state index contributed by atoms with van der Waals surface area (Å²) < 4.78 is 5.24. The summed E-state index contributed by atoms with van der Waals surface area (Å²) in [6.45, 7) is 5.96. The molecule has 0 aromatic heterocycles. The summed E-state index contributed by atoms with van der Waals surface area (Å²) in [5.41, 5.74) is -0.796. The molecule has 2 amide bonds. The van der Waals surface area contributed by atoms with Gasteiger partial charge in [-0.2, -0.15) is 0 Å². The van der Waals surface area contributed by atoms with Crippen LogP contribution in [0.3, 0.4) is 0 Å². The molecular weight excluding hydrogens is 260 g/mol. The zero-order valence-corrected chi connectivity index (χ0v) is 12.2. The maximum Gasteiger partial charge on any atom is 0.317 e. The number of hydrogen-bond donors (Lipinski definition) is 2. The summed E-state index contributed by atoms with van der Waals surface area (Å²) in [4.78, 5) is 25.3. The van der Waals surface area contributed by atoms with Crippen LogP contribution >= 0.6 is 0 Å². The highest BCUT2D eigenvalue weighted by Crippen LogP contribution is 2.34. The minimum Gasteiger partial charge on any atom is -0.481 e. The Kier molecular flexibility index (Phi) is 4.52. The lowest BCUT2D eigenvalue weighted by molar-refractivity contribution is -0.151. The maximum atomic E-state index is 12.2. The van der Waals surface area contributed by atoms with Crippen molar-refractivity contribution in [2.45, 2.75) is 39.2 Å². The zero-order chi connectivity index (χ0) is 14.8. The van der Waals surface area contributed by atoms with E-state index in [0.29, 0.717) is 26.3 Å². The molecule has 0 aromatic rings. The summed E-state index contributed by atoms with van der Waals surface area (Å²) in [5.74, 6) is -0.798. The molecule has 2 N–H and O–H groups in total. The Morgan fingerprint density at radius 2 is 2.10 bits per heavy atom. The molecule has 2 aliphatic rings. The number of carboxylic acids is 1. The predicted octanol–water partition coefficient (Wildman–Crippen LogP) is 1.31. The molecule has 6 nitrogen and oxygen atoms in total. The van der Waals surface area contributed by atoms with Gasteiger partial charge in [0.25, 0.3) is 0 Å². The fourth-order valence-electron chi connectivity index (χ4n) is 2.84. The van der Waals surface area contributed by atoms with Crippen LogP contribution < -0.4 is 5.32 Å². The first-order chi connectivity index (χ1) is 9.41. The summed E-state index contributed by atoms with van der Waals surface area (Å²) in [7, 11) is 0. The van der Waals surface area contributed by atoms with Crippen LogP contribution in [-0.2, 0) is 9.53 Å². The molecule has 2 heterocycles. The van der Waals surface area contributed by atoms with Crippen LogP contribution in [-0.4, -0.2) is 54.4 Å². The molecule has 0 spiro atoms. The third-order valence-corrected chi connectivity index (χ3v) is 4.54. The van der Waals surface area contributed by atoms with Gasteiger partial charge in [0.15, 0.2) is 0 Å². The maximum absolute atomic E-state index is 12.2. The molecule has 0 radical (unpaired) electrons. The van der Waals surface area contributed by atoms with E-state index in [0.717, 1.165) is 19.3 Å². The van der Waals surface area contributed by atoms with Crippen molar-refractivity contribution in [3.05, 3.63) is 0 Å². The number of urea groups is 1. The van der Waals surface area contributed by atoms with Gasteiger partial charge in [0.05, 0.1) is 18.1 Å². The molecule has 0 bridgehead atoms. The van der Waals surface area contributed by atoms with Gasteiger partial charge in [0, 0.05) is 19.7 Å². The van der Waals surface area contributed by atoms with Crippen molar-refractivity contribution in [2.24, 2.45) is 11.3 Å². The van der Waals surface area contributed by atoms with Crippen molar-refractivity contribution in [1.82, 2.24) is 10.2 Å². The standard InChI is InChI=1S/C14H24N2O4/c1-14(2,12(17)18)10-4-3-6-16(8-10)13(19)15-11-5-7-20-9-11/h10-11H,3-9H2,1-2H3,(H,15,19)(H,17,18). The van der Waals surface area contributed by atoms with E-state index in [2.05, 4.69) is 5.32 Å². The van der Waals surface area contributed by atoms with Crippen molar-refractivity contribution < 1.29 is 19.4 Å². The van der Waals surface area contributed by atoms with E-state index >= 15 is 0 Å². The number of rotatable bonds is 3. The summed E-state index contributed by atoms with van der Waals surface area (Å²) >= 11 is 0. The third-order valence-electron chi connectivity index (χ3n) is 4.54. The van der Waals surface area contributed by atoms with Crippen LogP contribution in [0.4, 0.5) is 4.79 Å². The number of nitrogens with one attached hydrogen (secondary N) is 1. The number of hydrogen-bond acceptors (Lipinski definition) is 3. The van der Waals surface area contributed by atoms with Crippen molar-refractivity contribution in [3.8, 4) is 0 Å². The van der Waals surface area contributed by atoms with E-state index < -0.39 is 11.4 Å². The highest BCUT2D eigenvalue weighted by molar-refractivity contribution is 5.76. The van der Waals surface area contributed by atoms with Crippen molar-refractivity contribution >= 4 is 12.0 Å². The SMILES string of the molecule is CC(C)(C(=O)O)C1CCCN(C(=O)NC2CCOC2)C1. The normalized spacial score (nSPS) is 27.4. The molecule has 0 aromatic carbocycles. The van der Waals surface area contributed by atoms with E-state index in [-0.39, 0.29) is 18.0 Å². The second kappa shape index (κ2) is 5.99. The first kappa shape index (κ1) is 15.1. The Morgan fingerprint density at radius 3 is 2.70 bits per heavy atom. The van der Waals surface area contributed by atoms with E-state index in [1.807, 2.05) is 0 Å². The van der Waals surface area contributed by atoms with Gasteiger partial charge in [-0.15, -0.1) is 0 Å². The van der Waals surface area contributed by atoms with E-state index in [1.165, 1.54) is 0 Å². The molecule has 2 fully saturated rings. The molecule has 2 aliphatic heterocycles. The zero-order valence-electron chi connectivity index (χ0n) is 12.2. The third kappa shape index (κ3) is 3.23. The van der Waals surface area contributed by atoms with Gasteiger partial charge in [-0.1, -0.05) is 0 Å². The number of ether oxygens (including phenoxy) is 1. The summed E-state index contributed by atoms with van der Waals surface area (Å²) in [6, 6.07) is 0.00162. The smallest absolute Gasteiger partial charge is 0.317 e. The molecule has 2 saturated heterocycles. The number of piperidine rings is 1. The van der Waals surface area contributed by atoms with Crippen molar-refractivity contribution in [3.63, 3.8) is 0 Å². The van der Waals surface area contributed by atoms with Crippen LogP contribution in [0.5, 0.6) is 0 Å². The van der Waals surface area contributed by atoms with Crippen molar-refractivity contribution in [1.29, 1.82) is 0 Å². The number of aliphatic carboxylic acids is 1. The number of likely N-dealkylation sites (tertiary alicyclic amines) is 1. The van der Waals surface area contributed by atoms with Crippen LogP contribution in [0.25, 0.3) is 0 Å². The summed E-state index contributed by atoms with van der Waals surface area (Å²) in [5, 5.41) is 12.3. The van der Waals surface area contributed by atoms with Gasteiger partial charge in [-0.3, -0.25) is 4.79 Å². The number of carboxylic acid groups (broad SMARTS) is 1. The molecule has 6 heteroatoms. The molecule has 0 saturated carbocycles. The van der Waals surface area contributed by atoms with Crippen LogP contribution in [0.1, 0.15) is 33.1 Å². The number of nitrogens with zero attached hydrogens (tertiary/aromatic N) is 1. The predicted molar refractivity (Wildman–Crippen MR) is 73.5 cm³/mol. The fourth-order valence-corrected chi connectivity index (χ4v) is 2.84. The molecule has 2 rings (SSSR count). The van der Waals surface area contributed by atoms with Gasteiger partial charge in [-0.25, -0.2) is 4.79 Å². The summed E-state index contributed by atoms with van der Waals surface area (Å²) in [6.07, 6.45) is 2.56. The largest absolute Gasteiger partial charge is 0.481 e. The Hall–Kier alpha value is -1.30. The molecule has 114 valence electrons. The first-order valence-electron chi connectivity index (χ1n) is 7.28. The van der Waals surface area contributed by atoms with Gasteiger partial charge in [0.1, 0.15) is 0 Å². The average molecular weight is 284 g/mol. The van der Waals surface area contributed by atoms with Gasteiger partial charge in [0.2, 0.25) is 0 Å². The second-order valence-corrected chi connectivity index (χ2v) is 6.32. The monoisotopic (exact) mass is 284 g/mol. The molecule has 2 unspecified atom stereocenters. The van der Waals surface area contributed by atoms with Crippen LogP contribution in [0.2, 0.25) is 0 Å². The van der Waals surface area contributed by atoms with Gasteiger partial charge < -0.3 is 20.1 Å². The average Bonchev–Trinajstić information content (AvgIpc) is 2.91. The Labute approximate surface area is 119 Å². The Morgan fingerprint density at radius 1 is 1.35 bits per heavy atom. The van der Waals surface area contributed by atoms with E-state index in [1.54, 1.807) is 18.7 Å². The van der Waals surface area contributed by atoms with Gasteiger partial charge in [-0.05, 0) is 39.0 Å². The number of carbonyl (C=O) groups is 2. The lowest BCUT2D eigenvalue weighted by Crippen LogP contribution is -2.51. The van der Waals surface area contributed by atoms with Gasteiger partial charge >= 0.3 is 12.0 Å². The molecule has 2 atom stereocenters. The Bertz CT molecular complexity index is 377. The van der Waals surface area contributed by atoms with E-state index in [4.69, 9.17) is 4.74 Å². The minimum atomic E-state index is -0.797. The topological polar surface area (TPSA) is 78.9 Å². The van der Waals surface area contributed by atoms with Crippen molar-refractivity contribution in [2.75, 3.05) is 26.3 Å². The molecular formula is C14H24N2O4. The van der Waals surface area contributed by atoms with E-state index in [9.17, 15) is 14.7 Å². The minimum absolute atomic E-state index is 0.000622. The highest BCUT2D eigenvalue weighted by Gasteiger charge is 2.40. The second-order valence-electron chi connectivity index (χ2n) is 6.32. The number of amides is 2. The Balaban J connectivity index is 1.92. The molecule has 0 aliphatic carbocycles. The van der Waals surface area contributed by atoms with Crippen LogP contribution in [0, 0.1) is 11.3 Å². The fraction of sp³-hybridized carbons (Fsp3) is 0.857. The first-order valence-corrected chi connectivity index (χ1v) is 7.28. The lowest BCUT2D eigenvalue weighted by Gasteiger charge is -2.39. The lowest BCUT2D eigenvalue weighted by atomic mass is 9.74. The quantitative estimate of drug-likeness (QED) is 0.819. The highest BCUT2D eigenvalue weighted by atomic mass is 16.5.